The van der Waals surface area contributed by atoms with Crippen LogP contribution in [-0.4, -0.2) is 67.6 Å². The Bertz CT molecular complexity index is 1470. The number of halogens is 1. The highest BCUT2D eigenvalue weighted by molar-refractivity contribution is 7.52. The minimum atomic E-state index is -4.58. The average molecular weight is 578 g/mol. The van der Waals surface area contributed by atoms with Crippen LogP contribution in [0.15, 0.2) is 48.8 Å². The van der Waals surface area contributed by atoms with Crippen molar-refractivity contribution >= 4 is 25.1 Å². The molecule has 1 unspecified atom stereocenters. The second-order valence-electron chi connectivity index (χ2n) is 9.30. The second kappa shape index (κ2) is 11.1. The Morgan fingerprint density at radius 3 is 2.62 bits per heavy atom. The number of alkyl halides is 1. The smallest absolute Gasteiger partial charge is 0.459 e. The lowest BCUT2D eigenvalue weighted by molar-refractivity contribution is -0.208. The Balaban J connectivity index is 1.62. The Morgan fingerprint density at radius 2 is 1.98 bits per heavy atom. The summed E-state index contributed by atoms with van der Waals surface area (Å²) in [6.07, 6.45) is -3.91. The van der Waals surface area contributed by atoms with Crippen LogP contribution in [0.5, 0.6) is 5.75 Å². The predicted molar refractivity (Wildman–Crippen MR) is 136 cm³/mol. The highest BCUT2D eigenvalue weighted by Gasteiger charge is 2.66. The molecule has 5 N–H and O–H groups in total. The molecule has 4 rings (SSSR count). The highest BCUT2D eigenvalue weighted by Crippen LogP contribution is 2.50. The third kappa shape index (κ3) is 5.50. The Labute approximate surface area is 228 Å². The molecule has 3 heterocycles. The number of hydrogen-bond donors (Lipinski definition) is 4. The van der Waals surface area contributed by atoms with E-state index < -0.39 is 56.1 Å². The number of hydrogen-bond acceptors (Lipinski definition) is 12. The van der Waals surface area contributed by atoms with Crippen molar-refractivity contribution in [3.8, 4) is 11.8 Å². The molecular weight excluding hydrogens is 550 g/mol. The van der Waals surface area contributed by atoms with Crippen molar-refractivity contribution in [3.05, 3.63) is 54.5 Å². The van der Waals surface area contributed by atoms with Crippen LogP contribution in [0.4, 0.5) is 10.2 Å². The summed E-state index contributed by atoms with van der Waals surface area (Å²) in [4.78, 5) is 16.2. The fourth-order valence-corrected chi connectivity index (χ4v) is 5.56. The number of benzene rings is 1. The number of carbonyl (C=O) groups is 1. The number of rotatable bonds is 10. The fourth-order valence-electron chi connectivity index (χ4n) is 4.05. The molecule has 0 spiro atoms. The van der Waals surface area contributed by atoms with E-state index in [-0.39, 0.29) is 22.8 Å². The highest BCUT2D eigenvalue weighted by atomic mass is 31.2. The zero-order valence-electron chi connectivity index (χ0n) is 21.7. The molecule has 214 valence electrons. The molecule has 1 saturated heterocycles. The van der Waals surface area contributed by atoms with E-state index in [4.69, 9.17) is 24.3 Å². The number of para-hydroxylation sites is 1. The molecule has 16 heteroatoms. The number of carbonyl (C=O) groups excluding carboxylic acids is 1. The molecule has 1 fully saturated rings. The molecule has 0 aliphatic carbocycles. The van der Waals surface area contributed by atoms with Crippen LogP contribution in [0.1, 0.15) is 26.5 Å². The van der Waals surface area contributed by atoms with Crippen LogP contribution in [0.3, 0.4) is 0 Å². The Morgan fingerprint density at radius 1 is 1.27 bits per heavy atom. The van der Waals surface area contributed by atoms with E-state index in [1.165, 1.54) is 31.2 Å². The molecule has 1 aliphatic heterocycles. The van der Waals surface area contributed by atoms with Gasteiger partial charge in [-0.05, 0) is 45.0 Å². The lowest BCUT2D eigenvalue weighted by Gasteiger charge is -2.28. The number of nitrogen functional groups attached to an aromatic ring is 1. The standard InChI is InChI=1S/C24H28FN6O8P/c1-14(2)37-22(34)15(3)30-40(35,38-16-7-5-4-6-8-16)36-12-24(25)20(33)19(32)23(11-26,39-24)18-10-9-17-21(27)28-13-29-31(17)18/h4-10,13-15,19-20,32-33H,12H2,1-3H3,(H,30,35)(H2,27,28,29)/t15-,19+,20-,23-,24+,40?/m0/s1. The number of fused-ring (bicyclic) bond motifs is 1. The van der Waals surface area contributed by atoms with Gasteiger partial charge in [0.15, 0.2) is 5.82 Å². The average Bonchev–Trinajstić information content (AvgIpc) is 3.43. The van der Waals surface area contributed by atoms with E-state index >= 15 is 4.39 Å². The first kappa shape index (κ1) is 29.3. The molecule has 0 bridgehead atoms. The molecule has 0 amide bonds. The molecular formula is C24H28FN6O8P. The van der Waals surface area contributed by atoms with Crippen LogP contribution in [-0.2, 0) is 29.0 Å². The van der Waals surface area contributed by atoms with Gasteiger partial charge in [0.1, 0.15) is 48.5 Å². The number of nitrogens with one attached hydrogen (secondary N) is 1. The van der Waals surface area contributed by atoms with Crippen molar-refractivity contribution in [2.24, 2.45) is 0 Å². The first-order valence-electron chi connectivity index (χ1n) is 12.1. The number of aromatic nitrogens is 3. The van der Waals surface area contributed by atoms with Crippen LogP contribution < -0.4 is 15.3 Å². The zero-order valence-corrected chi connectivity index (χ0v) is 22.6. The van der Waals surface area contributed by atoms with Crippen LogP contribution in [0.25, 0.3) is 5.52 Å². The van der Waals surface area contributed by atoms with Gasteiger partial charge in [0.2, 0.25) is 5.60 Å². The maximum absolute atomic E-state index is 16.2. The van der Waals surface area contributed by atoms with Crippen LogP contribution in [0, 0.1) is 11.3 Å². The van der Waals surface area contributed by atoms with E-state index in [1.54, 1.807) is 38.1 Å². The van der Waals surface area contributed by atoms with Crippen LogP contribution >= 0.6 is 7.75 Å². The third-order valence-corrected chi connectivity index (χ3v) is 7.60. The zero-order chi connectivity index (χ0) is 29.3. The number of anilines is 1. The second-order valence-corrected chi connectivity index (χ2v) is 11.0. The summed E-state index contributed by atoms with van der Waals surface area (Å²) in [5.74, 6) is -3.99. The number of ether oxygens (including phenoxy) is 2. The lowest BCUT2D eigenvalue weighted by atomic mass is 9.92. The minimum Gasteiger partial charge on any atom is -0.462 e. The normalized spacial score (nSPS) is 26.8. The summed E-state index contributed by atoms with van der Waals surface area (Å²) in [5, 5.41) is 37.9. The number of esters is 1. The van der Waals surface area contributed by atoms with Gasteiger partial charge in [-0.25, -0.2) is 18.5 Å². The van der Waals surface area contributed by atoms with Gasteiger partial charge in [-0.2, -0.15) is 15.4 Å². The molecule has 0 saturated carbocycles. The van der Waals surface area contributed by atoms with Crippen molar-refractivity contribution in [1.82, 2.24) is 19.7 Å². The van der Waals surface area contributed by atoms with Crippen molar-refractivity contribution in [1.29, 1.82) is 5.26 Å². The summed E-state index contributed by atoms with van der Waals surface area (Å²) < 4.78 is 52.3. The number of nitriles is 1. The van der Waals surface area contributed by atoms with Crippen molar-refractivity contribution in [3.63, 3.8) is 0 Å². The van der Waals surface area contributed by atoms with Gasteiger partial charge in [0, 0.05) is 0 Å². The Hall–Kier alpha value is -3.64. The third-order valence-electron chi connectivity index (χ3n) is 5.97. The quantitative estimate of drug-likeness (QED) is 0.200. The molecule has 1 aromatic carbocycles. The summed E-state index contributed by atoms with van der Waals surface area (Å²) in [7, 11) is -4.58. The molecule has 2 aromatic heterocycles. The largest absolute Gasteiger partial charge is 0.462 e. The number of aliphatic hydroxyl groups excluding tert-OH is 2. The van der Waals surface area contributed by atoms with Gasteiger partial charge in [-0.3, -0.25) is 9.32 Å². The topological polar surface area (TPSA) is 204 Å². The summed E-state index contributed by atoms with van der Waals surface area (Å²) >= 11 is 0. The van der Waals surface area contributed by atoms with E-state index in [0.717, 1.165) is 10.8 Å². The van der Waals surface area contributed by atoms with Gasteiger partial charge in [-0.15, -0.1) is 0 Å². The van der Waals surface area contributed by atoms with Crippen molar-refractivity contribution in [2.75, 3.05) is 12.3 Å². The molecule has 0 radical (unpaired) electrons. The first-order chi connectivity index (χ1) is 18.8. The van der Waals surface area contributed by atoms with E-state index in [9.17, 15) is 24.8 Å². The van der Waals surface area contributed by atoms with Crippen molar-refractivity contribution in [2.45, 2.75) is 56.6 Å². The SMILES string of the molecule is CC(C)OC(=O)[C@H](C)NP(=O)(OC[C@@]1(F)O[C@@](C#N)(c2ccc3c(N)ncnn23)[C@H](O)[C@@H]1O)Oc1ccccc1. The molecule has 40 heavy (non-hydrogen) atoms. The number of nitrogens with zero attached hydrogens (tertiary/aromatic N) is 4. The summed E-state index contributed by atoms with van der Waals surface area (Å²) in [5.41, 5.74) is 3.42. The molecule has 1 aliphatic rings. The van der Waals surface area contributed by atoms with E-state index in [1.807, 2.05) is 0 Å². The lowest BCUT2D eigenvalue weighted by Crippen LogP contribution is -2.44. The van der Waals surface area contributed by atoms with Gasteiger partial charge < -0.3 is 29.9 Å². The molecule has 14 nitrogen and oxygen atoms in total. The number of aliphatic hydroxyl groups is 2. The molecule has 3 aromatic rings. The summed E-state index contributed by atoms with van der Waals surface area (Å²) in [6.45, 7) is 3.28. The first-order valence-corrected chi connectivity index (χ1v) is 13.6. The monoisotopic (exact) mass is 578 g/mol. The van der Waals surface area contributed by atoms with Gasteiger partial charge in [0.25, 0.3) is 5.85 Å². The fraction of sp³-hybridized carbons (Fsp3) is 0.417. The van der Waals surface area contributed by atoms with E-state index in [0.29, 0.717) is 0 Å². The van der Waals surface area contributed by atoms with Gasteiger partial charge in [-0.1, -0.05) is 18.2 Å². The molecule has 6 atom stereocenters. The van der Waals surface area contributed by atoms with Gasteiger partial charge in [0.05, 0.1) is 11.8 Å². The Kier molecular flexibility index (Phi) is 8.13. The predicted octanol–water partition coefficient (Wildman–Crippen LogP) is 1.58. The number of nitrogens with two attached hydrogens (primary N) is 1. The van der Waals surface area contributed by atoms with Crippen molar-refractivity contribution < 1.29 is 42.5 Å². The summed E-state index contributed by atoms with van der Waals surface area (Å²) in [6, 6.07) is 10.9. The van der Waals surface area contributed by atoms with Crippen LogP contribution in [0.2, 0.25) is 0 Å². The van der Waals surface area contributed by atoms with E-state index in [2.05, 4.69) is 15.2 Å². The maximum Gasteiger partial charge on any atom is 0.459 e. The van der Waals surface area contributed by atoms with Gasteiger partial charge >= 0.3 is 13.7 Å². The maximum atomic E-state index is 16.2. The minimum absolute atomic E-state index is 0.0346.